The Labute approximate surface area is 114 Å². The minimum Gasteiger partial charge on any atom is -0.472 e. The van der Waals surface area contributed by atoms with Crippen molar-refractivity contribution < 1.29 is 13.2 Å². The van der Waals surface area contributed by atoms with Crippen LogP contribution in [0.2, 0.25) is 0 Å². The summed E-state index contributed by atoms with van der Waals surface area (Å²) in [5.74, 6) is -1.99. The quantitative estimate of drug-likeness (QED) is 0.876. The number of anilines is 1. The third-order valence-corrected chi connectivity index (χ3v) is 2.96. The SMILES string of the molecule is CN(Cc1ccoc1)c1ccc(C(N)=S)c(F)c1F. The van der Waals surface area contributed by atoms with Gasteiger partial charge in [-0.15, -0.1) is 0 Å². The van der Waals surface area contributed by atoms with Crippen molar-refractivity contribution in [2.24, 2.45) is 5.73 Å². The van der Waals surface area contributed by atoms with Gasteiger partial charge in [0.1, 0.15) is 4.99 Å². The Balaban J connectivity index is 2.30. The van der Waals surface area contributed by atoms with Crippen molar-refractivity contribution in [3.8, 4) is 0 Å². The number of rotatable bonds is 4. The Hall–Kier alpha value is -1.95. The predicted octanol–water partition coefficient (Wildman–Crippen LogP) is 2.83. The highest BCUT2D eigenvalue weighted by atomic mass is 32.1. The molecule has 19 heavy (non-hydrogen) atoms. The molecule has 0 atom stereocenters. The molecule has 2 aromatic rings. The normalized spacial score (nSPS) is 10.5. The van der Waals surface area contributed by atoms with Crippen LogP contribution in [0, 0.1) is 11.6 Å². The van der Waals surface area contributed by atoms with E-state index >= 15 is 0 Å². The van der Waals surface area contributed by atoms with E-state index in [4.69, 9.17) is 10.2 Å². The van der Waals surface area contributed by atoms with Gasteiger partial charge in [0.05, 0.1) is 18.2 Å². The van der Waals surface area contributed by atoms with Crippen LogP contribution < -0.4 is 10.6 Å². The molecule has 100 valence electrons. The van der Waals surface area contributed by atoms with Crippen LogP contribution >= 0.6 is 12.2 Å². The fraction of sp³-hybridized carbons (Fsp3) is 0.154. The smallest absolute Gasteiger partial charge is 0.182 e. The number of halogens is 2. The highest BCUT2D eigenvalue weighted by Crippen LogP contribution is 2.24. The number of hydrogen-bond acceptors (Lipinski definition) is 3. The maximum absolute atomic E-state index is 13.9. The summed E-state index contributed by atoms with van der Waals surface area (Å²) in [6, 6.07) is 4.59. The molecule has 0 radical (unpaired) electrons. The Morgan fingerprint density at radius 2 is 2.05 bits per heavy atom. The fourth-order valence-electron chi connectivity index (χ4n) is 1.77. The molecule has 0 saturated carbocycles. The molecule has 0 unspecified atom stereocenters. The Bertz CT molecular complexity index is 599. The monoisotopic (exact) mass is 282 g/mol. The number of nitrogens with zero attached hydrogens (tertiary/aromatic N) is 1. The molecule has 1 aromatic heterocycles. The second kappa shape index (κ2) is 5.36. The molecule has 0 amide bonds. The summed E-state index contributed by atoms with van der Waals surface area (Å²) >= 11 is 4.66. The van der Waals surface area contributed by atoms with Crippen LogP contribution in [-0.2, 0) is 6.54 Å². The lowest BCUT2D eigenvalue weighted by Crippen LogP contribution is -2.20. The second-order valence-corrected chi connectivity index (χ2v) is 4.55. The van der Waals surface area contributed by atoms with E-state index in [1.165, 1.54) is 18.4 Å². The van der Waals surface area contributed by atoms with Crippen molar-refractivity contribution >= 4 is 22.9 Å². The minimum atomic E-state index is -1.02. The van der Waals surface area contributed by atoms with E-state index in [2.05, 4.69) is 12.2 Å². The summed E-state index contributed by atoms with van der Waals surface area (Å²) in [4.78, 5) is 1.41. The van der Waals surface area contributed by atoms with Gasteiger partial charge in [-0.05, 0) is 18.2 Å². The third-order valence-electron chi connectivity index (χ3n) is 2.74. The number of nitrogens with two attached hydrogens (primary N) is 1. The number of furan rings is 1. The van der Waals surface area contributed by atoms with Crippen molar-refractivity contribution in [2.75, 3.05) is 11.9 Å². The van der Waals surface area contributed by atoms with Crippen LogP contribution in [-0.4, -0.2) is 12.0 Å². The van der Waals surface area contributed by atoms with Crippen LogP contribution in [0.15, 0.2) is 35.1 Å². The number of thiocarbonyl (C=S) groups is 1. The highest BCUT2D eigenvalue weighted by Gasteiger charge is 2.17. The van der Waals surface area contributed by atoms with E-state index in [1.807, 2.05) is 0 Å². The first-order valence-electron chi connectivity index (χ1n) is 5.50. The Morgan fingerprint density at radius 1 is 1.32 bits per heavy atom. The van der Waals surface area contributed by atoms with Crippen LogP contribution in [0.5, 0.6) is 0 Å². The van der Waals surface area contributed by atoms with Crippen LogP contribution in [0.25, 0.3) is 0 Å². The molecule has 3 nitrogen and oxygen atoms in total. The van der Waals surface area contributed by atoms with Crippen molar-refractivity contribution in [2.45, 2.75) is 6.54 Å². The van der Waals surface area contributed by atoms with Gasteiger partial charge in [-0.2, -0.15) is 0 Å². The second-order valence-electron chi connectivity index (χ2n) is 4.11. The third kappa shape index (κ3) is 2.73. The molecule has 0 saturated heterocycles. The highest BCUT2D eigenvalue weighted by molar-refractivity contribution is 7.80. The zero-order chi connectivity index (χ0) is 14.0. The van der Waals surface area contributed by atoms with E-state index in [0.29, 0.717) is 6.54 Å². The molecule has 0 bridgehead atoms. The Morgan fingerprint density at radius 3 is 2.63 bits per heavy atom. The Kier molecular flexibility index (Phi) is 3.80. The molecule has 1 aromatic carbocycles. The summed E-state index contributed by atoms with van der Waals surface area (Å²) in [5, 5.41) is 0. The van der Waals surface area contributed by atoms with Gasteiger partial charge < -0.3 is 15.1 Å². The molecule has 2 N–H and O–H groups in total. The lowest BCUT2D eigenvalue weighted by molar-refractivity contribution is 0.506. The van der Waals surface area contributed by atoms with Crippen LogP contribution in [0.1, 0.15) is 11.1 Å². The molecule has 2 rings (SSSR count). The maximum atomic E-state index is 13.9. The van der Waals surface area contributed by atoms with Gasteiger partial charge in [-0.3, -0.25) is 0 Å². The summed E-state index contributed by atoms with van der Waals surface area (Å²) in [6.07, 6.45) is 3.07. The molecule has 1 heterocycles. The summed E-state index contributed by atoms with van der Waals surface area (Å²) in [5.41, 5.74) is 6.23. The first kappa shape index (κ1) is 13.5. The van der Waals surface area contributed by atoms with Gasteiger partial charge in [0.2, 0.25) is 0 Å². The fourth-order valence-corrected chi connectivity index (χ4v) is 1.92. The van der Waals surface area contributed by atoms with Crippen molar-refractivity contribution in [3.05, 3.63) is 53.5 Å². The molecule has 0 aliphatic rings. The molecule has 0 aliphatic heterocycles. The van der Waals surface area contributed by atoms with E-state index < -0.39 is 11.6 Å². The van der Waals surface area contributed by atoms with E-state index in [-0.39, 0.29) is 16.2 Å². The molecule has 0 spiro atoms. The molecular weight excluding hydrogens is 270 g/mol. The van der Waals surface area contributed by atoms with Gasteiger partial charge in [0.15, 0.2) is 11.6 Å². The lowest BCUT2D eigenvalue weighted by Gasteiger charge is -2.20. The summed E-state index contributed by atoms with van der Waals surface area (Å²) in [7, 11) is 1.66. The molecule has 0 fully saturated rings. The predicted molar refractivity (Wildman–Crippen MR) is 73.1 cm³/mol. The van der Waals surface area contributed by atoms with Crippen molar-refractivity contribution in [1.82, 2.24) is 0 Å². The van der Waals surface area contributed by atoms with Crippen LogP contribution in [0.3, 0.4) is 0 Å². The lowest BCUT2D eigenvalue weighted by atomic mass is 10.1. The van der Waals surface area contributed by atoms with E-state index in [0.717, 1.165) is 5.56 Å². The van der Waals surface area contributed by atoms with Gasteiger partial charge in [-0.25, -0.2) is 8.78 Å². The van der Waals surface area contributed by atoms with Gasteiger partial charge in [-0.1, -0.05) is 12.2 Å². The zero-order valence-electron chi connectivity index (χ0n) is 10.2. The maximum Gasteiger partial charge on any atom is 0.182 e. The first-order valence-corrected chi connectivity index (χ1v) is 5.91. The zero-order valence-corrected chi connectivity index (χ0v) is 11.0. The average molecular weight is 282 g/mol. The van der Waals surface area contributed by atoms with Gasteiger partial charge in [0, 0.05) is 24.7 Å². The average Bonchev–Trinajstić information content (AvgIpc) is 2.84. The van der Waals surface area contributed by atoms with E-state index in [9.17, 15) is 8.78 Å². The topological polar surface area (TPSA) is 42.4 Å². The summed E-state index contributed by atoms with van der Waals surface area (Å²) < 4.78 is 32.6. The molecule has 6 heteroatoms. The first-order chi connectivity index (χ1) is 9.00. The van der Waals surface area contributed by atoms with Crippen molar-refractivity contribution in [1.29, 1.82) is 0 Å². The summed E-state index contributed by atoms with van der Waals surface area (Å²) in [6.45, 7) is 0.402. The molecule has 0 aliphatic carbocycles. The number of hydrogen-bond donors (Lipinski definition) is 1. The molecular formula is C13H12F2N2OS. The van der Waals surface area contributed by atoms with E-state index in [1.54, 1.807) is 24.3 Å². The van der Waals surface area contributed by atoms with Crippen molar-refractivity contribution in [3.63, 3.8) is 0 Å². The van der Waals surface area contributed by atoms with Gasteiger partial charge in [0.25, 0.3) is 0 Å². The number of benzene rings is 1. The largest absolute Gasteiger partial charge is 0.472 e. The minimum absolute atomic E-state index is 0.0899. The standard InChI is InChI=1S/C13H12F2N2OS/c1-17(6-8-4-5-18-7-8)10-3-2-9(13(16)19)11(14)12(10)15/h2-5,7H,6H2,1H3,(H2,16,19). The van der Waals surface area contributed by atoms with Gasteiger partial charge >= 0.3 is 0 Å². The van der Waals surface area contributed by atoms with Crippen LogP contribution in [0.4, 0.5) is 14.5 Å².